The number of non-ortho nitro benzene ring substituents is 1. The Kier molecular flexibility index (Phi) is 3.21. The van der Waals surface area contributed by atoms with Gasteiger partial charge in [-0.15, -0.1) is 11.6 Å². The van der Waals surface area contributed by atoms with Crippen LogP contribution in [0.15, 0.2) is 12.1 Å². The summed E-state index contributed by atoms with van der Waals surface area (Å²) in [6.45, 7) is 0. The molecule has 0 atom stereocenters. The second-order valence-electron chi connectivity index (χ2n) is 2.70. The van der Waals surface area contributed by atoms with Crippen molar-refractivity contribution in [2.75, 3.05) is 11.6 Å². The summed E-state index contributed by atoms with van der Waals surface area (Å²) in [4.78, 5) is 20.7. The minimum Gasteiger partial charge on any atom is -0.396 e. The van der Waals surface area contributed by atoms with E-state index in [0.717, 1.165) is 6.07 Å². The van der Waals surface area contributed by atoms with Gasteiger partial charge in [-0.25, -0.2) is 4.39 Å². The summed E-state index contributed by atoms with van der Waals surface area (Å²) < 4.78 is 13.1. The summed E-state index contributed by atoms with van der Waals surface area (Å²) in [6, 6.07) is 1.56. The Morgan fingerprint density at radius 3 is 2.67 bits per heavy atom. The van der Waals surface area contributed by atoms with Gasteiger partial charge in [-0.1, -0.05) is 0 Å². The van der Waals surface area contributed by atoms with Crippen LogP contribution >= 0.6 is 11.6 Å². The molecule has 0 fully saturated rings. The van der Waals surface area contributed by atoms with Crippen LogP contribution in [0.1, 0.15) is 10.4 Å². The van der Waals surface area contributed by atoms with Crippen LogP contribution in [0.3, 0.4) is 0 Å². The normalized spacial score (nSPS) is 10.0. The summed E-state index contributed by atoms with van der Waals surface area (Å²) in [6.07, 6.45) is 0. The van der Waals surface area contributed by atoms with Crippen LogP contribution < -0.4 is 5.73 Å². The molecule has 0 spiro atoms. The predicted octanol–water partition coefficient (Wildman–Crippen LogP) is 1.74. The zero-order valence-corrected chi connectivity index (χ0v) is 8.12. The SMILES string of the molecule is Nc1c(F)cc([N+](=O)[O-])cc1C(=O)CCl. The van der Waals surface area contributed by atoms with E-state index in [0.29, 0.717) is 6.07 Å². The van der Waals surface area contributed by atoms with Crippen LogP contribution in [0.4, 0.5) is 15.8 Å². The summed E-state index contributed by atoms with van der Waals surface area (Å²) in [5, 5.41) is 10.4. The number of nitro benzene ring substituents is 1. The third-order valence-electron chi connectivity index (χ3n) is 1.75. The van der Waals surface area contributed by atoms with E-state index in [1.54, 1.807) is 0 Å². The van der Waals surface area contributed by atoms with Crippen LogP contribution in [0.25, 0.3) is 0 Å². The molecule has 0 bridgehead atoms. The van der Waals surface area contributed by atoms with Crippen molar-refractivity contribution >= 4 is 28.8 Å². The number of carbonyl (C=O) groups excluding carboxylic acids is 1. The van der Waals surface area contributed by atoms with E-state index in [1.165, 1.54) is 0 Å². The number of benzene rings is 1. The summed E-state index contributed by atoms with van der Waals surface area (Å²) >= 11 is 5.25. The number of hydrogen-bond acceptors (Lipinski definition) is 4. The molecule has 80 valence electrons. The zero-order valence-electron chi connectivity index (χ0n) is 7.37. The van der Waals surface area contributed by atoms with Crippen molar-refractivity contribution in [2.45, 2.75) is 0 Å². The van der Waals surface area contributed by atoms with Gasteiger partial charge >= 0.3 is 0 Å². The largest absolute Gasteiger partial charge is 0.396 e. The fourth-order valence-corrected chi connectivity index (χ4v) is 1.16. The van der Waals surface area contributed by atoms with Gasteiger partial charge in [-0.05, 0) is 0 Å². The smallest absolute Gasteiger partial charge is 0.273 e. The number of rotatable bonds is 3. The van der Waals surface area contributed by atoms with Crippen molar-refractivity contribution in [1.29, 1.82) is 0 Å². The maximum Gasteiger partial charge on any atom is 0.273 e. The van der Waals surface area contributed by atoms with Crippen molar-refractivity contribution in [3.8, 4) is 0 Å². The lowest BCUT2D eigenvalue weighted by atomic mass is 10.1. The molecule has 0 aromatic heterocycles. The third-order valence-corrected chi connectivity index (χ3v) is 1.99. The lowest BCUT2D eigenvalue weighted by Gasteiger charge is -2.03. The number of ketones is 1. The van der Waals surface area contributed by atoms with Gasteiger partial charge in [0.2, 0.25) is 0 Å². The molecule has 7 heteroatoms. The lowest BCUT2D eigenvalue weighted by molar-refractivity contribution is -0.385. The highest BCUT2D eigenvalue weighted by molar-refractivity contribution is 6.31. The molecule has 5 nitrogen and oxygen atoms in total. The van der Waals surface area contributed by atoms with Crippen LogP contribution in [0, 0.1) is 15.9 Å². The van der Waals surface area contributed by atoms with E-state index in [4.69, 9.17) is 17.3 Å². The third kappa shape index (κ3) is 2.21. The Hall–Kier alpha value is -1.69. The first-order chi connectivity index (χ1) is 6.97. The molecule has 0 amide bonds. The second-order valence-corrected chi connectivity index (χ2v) is 2.97. The second kappa shape index (κ2) is 4.22. The molecule has 0 aliphatic carbocycles. The molecule has 0 aliphatic rings. The van der Waals surface area contributed by atoms with Crippen LogP contribution in [-0.4, -0.2) is 16.6 Å². The fourth-order valence-electron chi connectivity index (χ4n) is 1.01. The van der Waals surface area contributed by atoms with E-state index in [9.17, 15) is 19.3 Å². The number of alkyl halides is 1. The quantitative estimate of drug-likeness (QED) is 0.283. The van der Waals surface area contributed by atoms with Gasteiger partial charge in [0.15, 0.2) is 11.6 Å². The van der Waals surface area contributed by atoms with Crippen molar-refractivity contribution in [3.05, 3.63) is 33.6 Å². The number of halogens is 2. The molecule has 0 saturated carbocycles. The Labute approximate surface area is 88.8 Å². The van der Waals surface area contributed by atoms with E-state index in [-0.39, 0.29) is 5.56 Å². The maximum atomic E-state index is 13.1. The molecule has 0 saturated heterocycles. The van der Waals surface area contributed by atoms with Crippen LogP contribution in [-0.2, 0) is 0 Å². The van der Waals surface area contributed by atoms with E-state index in [1.807, 2.05) is 0 Å². The number of hydrogen-bond donors (Lipinski definition) is 1. The highest BCUT2D eigenvalue weighted by atomic mass is 35.5. The standard InChI is InChI=1S/C8H6ClFN2O3/c9-3-7(13)5-1-4(12(14)15)2-6(10)8(5)11/h1-2H,3,11H2. The molecule has 1 aromatic carbocycles. The number of nitrogens with zero attached hydrogens (tertiary/aromatic N) is 1. The zero-order chi connectivity index (χ0) is 11.6. The molecular weight excluding hydrogens is 227 g/mol. The Morgan fingerprint density at radius 1 is 1.60 bits per heavy atom. The first-order valence-electron chi connectivity index (χ1n) is 3.80. The maximum absolute atomic E-state index is 13.1. The topological polar surface area (TPSA) is 86.2 Å². The molecule has 1 aromatic rings. The Balaban J connectivity index is 3.37. The molecule has 2 N–H and O–H groups in total. The summed E-state index contributed by atoms with van der Waals surface area (Å²) in [5.41, 5.74) is 4.03. The van der Waals surface area contributed by atoms with Crippen LogP contribution in [0.5, 0.6) is 0 Å². The van der Waals surface area contributed by atoms with Gasteiger partial charge in [0.1, 0.15) is 0 Å². The highest BCUT2D eigenvalue weighted by Crippen LogP contribution is 2.24. The molecular formula is C8H6ClFN2O3. The number of nitrogens with two attached hydrogens (primary N) is 1. The van der Waals surface area contributed by atoms with Gasteiger partial charge in [-0.3, -0.25) is 14.9 Å². The number of anilines is 1. The van der Waals surface area contributed by atoms with Crippen molar-refractivity contribution < 1.29 is 14.1 Å². The van der Waals surface area contributed by atoms with Gasteiger partial charge in [-0.2, -0.15) is 0 Å². The molecule has 0 unspecified atom stereocenters. The summed E-state index contributed by atoms with van der Waals surface area (Å²) in [5.74, 6) is -2.07. The van der Waals surface area contributed by atoms with Gasteiger partial charge in [0.05, 0.1) is 28.1 Å². The molecule has 15 heavy (non-hydrogen) atoms. The molecule has 0 aliphatic heterocycles. The van der Waals surface area contributed by atoms with Crippen molar-refractivity contribution in [3.63, 3.8) is 0 Å². The first-order valence-corrected chi connectivity index (χ1v) is 4.33. The predicted molar refractivity (Wildman–Crippen MR) is 52.5 cm³/mol. The Bertz CT molecular complexity index is 436. The summed E-state index contributed by atoms with van der Waals surface area (Å²) in [7, 11) is 0. The lowest BCUT2D eigenvalue weighted by Crippen LogP contribution is -2.08. The van der Waals surface area contributed by atoms with Gasteiger partial charge < -0.3 is 5.73 Å². The van der Waals surface area contributed by atoms with Gasteiger partial charge in [0.25, 0.3) is 5.69 Å². The monoisotopic (exact) mass is 232 g/mol. The highest BCUT2D eigenvalue weighted by Gasteiger charge is 2.18. The molecule has 0 heterocycles. The van der Waals surface area contributed by atoms with E-state index < -0.39 is 33.8 Å². The minimum atomic E-state index is -1.00. The van der Waals surface area contributed by atoms with E-state index >= 15 is 0 Å². The molecule has 1 rings (SSSR count). The first kappa shape index (κ1) is 11.4. The fraction of sp³-hybridized carbons (Fsp3) is 0.125. The average Bonchev–Trinajstić information content (AvgIpc) is 2.20. The molecule has 0 radical (unpaired) electrons. The van der Waals surface area contributed by atoms with Crippen molar-refractivity contribution in [2.24, 2.45) is 0 Å². The number of nitrogen functional groups attached to an aromatic ring is 1. The minimum absolute atomic E-state index is 0.267. The van der Waals surface area contributed by atoms with Crippen LogP contribution in [0.2, 0.25) is 0 Å². The van der Waals surface area contributed by atoms with E-state index in [2.05, 4.69) is 0 Å². The van der Waals surface area contributed by atoms with Crippen molar-refractivity contribution in [1.82, 2.24) is 0 Å². The number of carbonyl (C=O) groups is 1. The number of Topliss-reactive ketones (excluding diaryl/α,β-unsaturated/α-hetero) is 1. The number of nitro groups is 1. The van der Waals surface area contributed by atoms with Gasteiger partial charge in [0, 0.05) is 6.07 Å². The Morgan fingerprint density at radius 2 is 2.20 bits per heavy atom. The average molecular weight is 233 g/mol.